The maximum Gasteiger partial charge on any atom is 0.197 e. The third-order valence-corrected chi connectivity index (χ3v) is 9.99. The van der Waals surface area contributed by atoms with Gasteiger partial charge in [0.15, 0.2) is 11.6 Å². The normalized spacial score (nSPS) is 12.7. The number of nitrogens with zero attached hydrogens (tertiary/aromatic N) is 2. The van der Waals surface area contributed by atoms with E-state index in [2.05, 4.69) is 125 Å². The summed E-state index contributed by atoms with van der Waals surface area (Å²) in [7, 11) is 0. The number of anilines is 3. The molecule has 9 rings (SSSR count). The second-order valence-electron chi connectivity index (χ2n) is 11.7. The first kappa shape index (κ1) is 27.3. The molecular formula is C42H26N2O2S. The number of para-hydroxylation sites is 3. The number of ketones is 2. The monoisotopic (exact) mass is 622 g/mol. The van der Waals surface area contributed by atoms with Crippen molar-refractivity contribution in [1.29, 1.82) is 0 Å². The van der Waals surface area contributed by atoms with Crippen molar-refractivity contribution in [2.24, 2.45) is 0 Å². The van der Waals surface area contributed by atoms with Gasteiger partial charge in [-0.15, -0.1) is 11.3 Å². The van der Waals surface area contributed by atoms with Gasteiger partial charge >= 0.3 is 0 Å². The third kappa shape index (κ3) is 4.43. The van der Waals surface area contributed by atoms with E-state index in [1.54, 1.807) is 41.7 Å². The van der Waals surface area contributed by atoms with Gasteiger partial charge in [0, 0.05) is 43.7 Å². The fourth-order valence-electron chi connectivity index (χ4n) is 6.76. The van der Waals surface area contributed by atoms with Gasteiger partial charge < -0.3 is 9.47 Å². The summed E-state index contributed by atoms with van der Waals surface area (Å²) in [6, 6.07) is 51.6. The van der Waals surface area contributed by atoms with Crippen LogP contribution in [0.4, 0.5) is 16.4 Å². The van der Waals surface area contributed by atoms with E-state index in [4.69, 9.17) is 0 Å². The summed E-state index contributed by atoms with van der Waals surface area (Å²) in [6.07, 6.45) is 1.73. The summed E-state index contributed by atoms with van der Waals surface area (Å²) in [5, 5.41) is 4.62. The molecule has 6 aromatic carbocycles. The molecule has 8 aromatic rings. The first-order valence-electron chi connectivity index (χ1n) is 15.5. The molecule has 0 unspecified atom stereocenters. The number of Topliss-reactive ketones (excluding diaryl/α,β-unsaturated/α-hetero) is 2. The van der Waals surface area contributed by atoms with Crippen molar-refractivity contribution in [3.05, 3.63) is 174 Å². The van der Waals surface area contributed by atoms with Crippen molar-refractivity contribution in [1.82, 2.24) is 4.57 Å². The minimum atomic E-state index is -0.212. The highest BCUT2D eigenvalue weighted by molar-refractivity contribution is 7.23. The number of allylic oxidation sites excluding steroid dienone is 1. The van der Waals surface area contributed by atoms with Crippen LogP contribution in [-0.4, -0.2) is 16.1 Å². The van der Waals surface area contributed by atoms with Crippen LogP contribution in [0.25, 0.3) is 43.7 Å². The lowest BCUT2D eigenvalue weighted by molar-refractivity contribution is 0.0990. The maximum atomic E-state index is 13.0. The Kier molecular flexibility index (Phi) is 6.27. The average Bonchev–Trinajstić information content (AvgIpc) is 3.76. The van der Waals surface area contributed by atoms with E-state index in [0.29, 0.717) is 11.1 Å². The van der Waals surface area contributed by atoms with Crippen LogP contribution >= 0.6 is 11.3 Å². The van der Waals surface area contributed by atoms with Gasteiger partial charge in [0.2, 0.25) is 0 Å². The molecule has 0 saturated heterocycles. The summed E-state index contributed by atoms with van der Waals surface area (Å²) in [4.78, 5) is 28.4. The van der Waals surface area contributed by atoms with Crippen molar-refractivity contribution in [3.8, 4) is 5.69 Å². The smallest absolute Gasteiger partial charge is 0.197 e. The highest BCUT2D eigenvalue weighted by Gasteiger charge is 2.32. The third-order valence-electron chi connectivity index (χ3n) is 8.91. The molecule has 222 valence electrons. The van der Waals surface area contributed by atoms with Gasteiger partial charge in [-0.3, -0.25) is 9.59 Å². The van der Waals surface area contributed by atoms with Gasteiger partial charge in [-0.2, -0.15) is 0 Å². The van der Waals surface area contributed by atoms with E-state index in [1.165, 1.54) is 21.8 Å². The van der Waals surface area contributed by atoms with Crippen LogP contribution in [0.5, 0.6) is 0 Å². The molecule has 0 saturated carbocycles. The minimum absolute atomic E-state index is 0.212. The Hall–Kier alpha value is -6.04. The Balaban J connectivity index is 1.15. The Morgan fingerprint density at radius 2 is 1.17 bits per heavy atom. The number of carbonyl (C=O) groups excluding carboxylic acids is 2. The molecule has 47 heavy (non-hydrogen) atoms. The van der Waals surface area contributed by atoms with Crippen molar-refractivity contribution >= 4 is 77.2 Å². The van der Waals surface area contributed by atoms with Crippen molar-refractivity contribution in [3.63, 3.8) is 0 Å². The predicted molar refractivity (Wildman–Crippen MR) is 194 cm³/mol. The van der Waals surface area contributed by atoms with Gasteiger partial charge in [-0.25, -0.2) is 0 Å². The average molecular weight is 623 g/mol. The Morgan fingerprint density at radius 1 is 0.553 bits per heavy atom. The summed E-state index contributed by atoms with van der Waals surface area (Å²) in [5.74, 6) is -0.424. The molecule has 2 heterocycles. The molecular weight excluding hydrogens is 597 g/mol. The standard InChI is InChI=1S/C42H26N2O2S/c45-41-34-17-4-5-18-35(34)42(46)36(41)23-27-21-22-28-25-40(47-39(28)24-27)43(29-11-2-1-3-12-29)30-13-10-14-31(26-30)44-37-19-8-6-15-32(37)33-16-7-9-20-38(33)44/h1-26H. The summed E-state index contributed by atoms with van der Waals surface area (Å²) < 4.78 is 3.41. The van der Waals surface area contributed by atoms with Crippen LogP contribution in [0.3, 0.4) is 0 Å². The van der Waals surface area contributed by atoms with Crippen LogP contribution in [-0.2, 0) is 0 Å². The number of hydrogen-bond donors (Lipinski definition) is 0. The zero-order valence-electron chi connectivity index (χ0n) is 25.1. The maximum absolute atomic E-state index is 13.0. The van der Waals surface area contributed by atoms with E-state index in [1.807, 2.05) is 12.1 Å². The number of rotatable bonds is 5. The molecule has 0 radical (unpaired) electrons. The number of carbonyl (C=O) groups is 2. The molecule has 0 atom stereocenters. The Bertz CT molecular complexity index is 2480. The van der Waals surface area contributed by atoms with Crippen LogP contribution in [0.2, 0.25) is 0 Å². The fraction of sp³-hybridized carbons (Fsp3) is 0. The lowest BCUT2D eigenvalue weighted by Gasteiger charge is -2.24. The first-order chi connectivity index (χ1) is 23.1. The number of fused-ring (bicyclic) bond motifs is 5. The van der Waals surface area contributed by atoms with Gasteiger partial charge in [0.05, 0.1) is 16.6 Å². The van der Waals surface area contributed by atoms with E-state index in [0.717, 1.165) is 37.7 Å². The molecule has 2 aromatic heterocycles. The molecule has 0 aliphatic heterocycles. The Morgan fingerprint density at radius 3 is 1.87 bits per heavy atom. The van der Waals surface area contributed by atoms with Crippen LogP contribution in [0.15, 0.2) is 157 Å². The molecule has 4 nitrogen and oxygen atoms in total. The first-order valence-corrected chi connectivity index (χ1v) is 16.3. The lowest BCUT2D eigenvalue weighted by Crippen LogP contribution is -2.08. The molecule has 0 fully saturated rings. The van der Waals surface area contributed by atoms with E-state index in [-0.39, 0.29) is 17.1 Å². The minimum Gasteiger partial charge on any atom is -0.309 e. The molecule has 5 heteroatoms. The van der Waals surface area contributed by atoms with E-state index < -0.39 is 0 Å². The van der Waals surface area contributed by atoms with Crippen LogP contribution < -0.4 is 4.90 Å². The van der Waals surface area contributed by atoms with Gasteiger partial charge in [0.1, 0.15) is 5.00 Å². The zero-order chi connectivity index (χ0) is 31.5. The van der Waals surface area contributed by atoms with Crippen LogP contribution in [0.1, 0.15) is 26.3 Å². The fourth-order valence-corrected chi connectivity index (χ4v) is 7.91. The van der Waals surface area contributed by atoms with Crippen molar-refractivity contribution in [2.45, 2.75) is 0 Å². The quantitative estimate of drug-likeness (QED) is 0.142. The van der Waals surface area contributed by atoms with Gasteiger partial charge in [0.25, 0.3) is 0 Å². The molecule has 1 aliphatic rings. The van der Waals surface area contributed by atoms with Gasteiger partial charge in [-0.1, -0.05) is 97.1 Å². The number of benzene rings is 6. The highest BCUT2D eigenvalue weighted by atomic mass is 32.1. The van der Waals surface area contributed by atoms with Crippen molar-refractivity contribution < 1.29 is 9.59 Å². The largest absolute Gasteiger partial charge is 0.309 e. The van der Waals surface area contributed by atoms with Crippen LogP contribution in [0, 0.1) is 0 Å². The second kappa shape index (κ2) is 10.8. The van der Waals surface area contributed by atoms with E-state index in [9.17, 15) is 9.59 Å². The van der Waals surface area contributed by atoms with E-state index >= 15 is 0 Å². The molecule has 0 spiro atoms. The zero-order valence-corrected chi connectivity index (χ0v) is 25.9. The van der Waals surface area contributed by atoms with Gasteiger partial charge in [-0.05, 0) is 71.6 Å². The summed E-state index contributed by atoms with van der Waals surface area (Å²) in [6.45, 7) is 0. The Labute approximate surface area is 275 Å². The summed E-state index contributed by atoms with van der Waals surface area (Å²) >= 11 is 1.68. The number of aromatic nitrogens is 1. The topological polar surface area (TPSA) is 42.3 Å². The molecule has 0 amide bonds. The number of hydrogen-bond acceptors (Lipinski definition) is 4. The SMILES string of the molecule is O=C1C(=Cc2ccc3cc(N(c4ccccc4)c4cccc(-n5c6ccccc6c6ccccc65)c4)sc3c2)C(=O)c2ccccc21. The lowest BCUT2D eigenvalue weighted by atomic mass is 10.1. The molecule has 0 bridgehead atoms. The highest BCUT2D eigenvalue weighted by Crippen LogP contribution is 2.43. The molecule has 0 N–H and O–H groups in total. The number of thiophene rings is 1. The molecule has 1 aliphatic carbocycles. The van der Waals surface area contributed by atoms with Crippen molar-refractivity contribution in [2.75, 3.05) is 4.90 Å². The second-order valence-corrected chi connectivity index (χ2v) is 12.8. The summed E-state index contributed by atoms with van der Waals surface area (Å²) in [5.41, 5.74) is 7.53. The predicted octanol–water partition coefficient (Wildman–Crippen LogP) is 10.9.